The van der Waals surface area contributed by atoms with E-state index in [1.54, 1.807) is 11.3 Å². The van der Waals surface area contributed by atoms with Gasteiger partial charge in [-0.25, -0.2) is 0 Å². The number of nitrogens with zero attached hydrogens (tertiary/aromatic N) is 2. The zero-order valence-electron chi connectivity index (χ0n) is 20.1. The second kappa shape index (κ2) is 9.41. The van der Waals surface area contributed by atoms with Gasteiger partial charge in [-0.3, -0.25) is 14.7 Å². The van der Waals surface area contributed by atoms with Gasteiger partial charge in [-0.2, -0.15) is 0 Å². The summed E-state index contributed by atoms with van der Waals surface area (Å²) in [6, 6.07) is 21.5. The van der Waals surface area contributed by atoms with Gasteiger partial charge < -0.3 is 15.4 Å². The number of pyridine rings is 1. The molecule has 0 unspecified atom stereocenters. The number of thiophene rings is 1. The summed E-state index contributed by atoms with van der Waals surface area (Å²) in [4.78, 5) is 22.7. The number of piperidine rings is 1. The minimum atomic E-state index is -0.660. The summed E-state index contributed by atoms with van der Waals surface area (Å²) in [6.45, 7) is 4.61. The van der Waals surface area contributed by atoms with Crippen LogP contribution in [0, 0.1) is 12.8 Å². The number of carboxylic acids is 1. The Morgan fingerprint density at radius 3 is 2.69 bits per heavy atom. The van der Waals surface area contributed by atoms with Gasteiger partial charge in [-0.15, -0.1) is 11.3 Å². The van der Waals surface area contributed by atoms with Crippen LogP contribution in [0.4, 0.5) is 11.4 Å². The highest BCUT2D eigenvalue weighted by atomic mass is 32.1. The van der Waals surface area contributed by atoms with E-state index < -0.39 is 5.97 Å². The molecule has 1 aliphatic rings. The monoisotopic (exact) mass is 496 g/mol. The van der Waals surface area contributed by atoms with Gasteiger partial charge in [0.15, 0.2) is 0 Å². The van der Waals surface area contributed by atoms with Gasteiger partial charge in [0, 0.05) is 39.9 Å². The molecule has 6 rings (SSSR count). The normalized spacial score (nSPS) is 15.0. The molecule has 5 aromatic rings. The maximum atomic E-state index is 11.2. The molecule has 3 N–H and O–H groups in total. The Morgan fingerprint density at radius 2 is 1.92 bits per heavy atom. The van der Waals surface area contributed by atoms with Crippen LogP contribution in [0.1, 0.15) is 24.1 Å². The predicted octanol–water partition coefficient (Wildman–Crippen LogP) is 6.79. The Kier molecular flexibility index (Phi) is 5.95. The van der Waals surface area contributed by atoms with E-state index in [0.29, 0.717) is 0 Å². The molecule has 0 aliphatic carbocycles. The van der Waals surface area contributed by atoms with E-state index in [-0.39, 0.29) is 5.92 Å². The summed E-state index contributed by atoms with van der Waals surface area (Å²) >= 11 is 1.75. The van der Waals surface area contributed by atoms with Crippen LogP contribution in [-0.4, -0.2) is 39.0 Å². The molecule has 0 bridgehead atoms. The number of benzene rings is 2. The van der Waals surface area contributed by atoms with Crippen LogP contribution in [0.5, 0.6) is 0 Å². The highest BCUT2D eigenvalue weighted by Crippen LogP contribution is 2.38. The van der Waals surface area contributed by atoms with Crippen molar-refractivity contribution in [2.75, 3.05) is 18.4 Å². The van der Waals surface area contributed by atoms with Crippen molar-refractivity contribution >= 4 is 49.8 Å². The molecular formula is C29H28N4O2S. The van der Waals surface area contributed by atoms with Gasteiger partial charge in [0.2, 0.25) is 0 Å². The first-order chi connectivity index (χ1) is 17.5. The van der Waals surface area contributed by atoms with Crippen LogP contribution in [-0.2, 0) is 11.3 Å². The number of aliphatic carboxylic acids is 1. The number of aryl methyl sites for hydroxylation is 1. The van der Waals surface area contributed by atoms with E-state index >= 15 is 0 Å². The molecule has 7 heteroatoms. The van der Waals surface area contributed by atoms with Crippen LogP contribution in [0.15, 0.2) is 66.9 Å². The molecule has 182 valence electrons. The third-order valence-electron chi connectivity index (χ3n) is 7.03. The van der Waals surface area contributed by atoms with Crippen molar-refractivity contribution in [2.24, 2.45) is 5.92 Å². The highest BCUT2D eigenvalue weighted by Gasteiger charge is 2.24. The lowest BCUT2D eigenvalue weighted by atomic mass is 9.97. The van der Waals surface area contributed by atoms with E-state index in [9.17, 15) is 9.90 Å². The fraction of sp³-hybridized carbons (Fsp3) is 0.241. The van der Waals surface area contributed by atoms with E-state index in [1.165, 1.54) is 21.4 Å². The minimum absolute atomic E-state index is 0.190. The van der Waals surface area contributed by atoms with Crippen molar-refractivity contribution in [2.45, 2.75) is 26.3 Å². The molecule has 36 heavy (non-hydrogen) atoms. The number of hydrogen-bond donors (Lipinski definition) is 3. The van der Waals surface area contributed by atoms with Crippen molar-refractivity contribution in [3.63, 3.8) is 0 Å². The van der Waals surface area contributed by atoms with Crippen molar-refractivity contribution in [1.29, 1.82) is 0 Å². The first-order valence-corrected chi connectivity index (χ1v) is 13.1. The fourth-order valence-electron chi connectivity index (χ4n) is 5.06. The lowest BCUT2D eigenvalue weighted by Crippen LogP contribution is -2.35. The zero-order valence-corrected chi connectivity index (χ0v) is 20.9. The number of likely N-dealkylation sites (tertiary alicyclic amines) is 1. The number of rotatable bonds is 6. The first kappa shape index (κ1) is 22.8. The standard InChI is InChI=1S/C29H28N4O2S/c1-18-14-22-15-23(6-7-24(22)31-18)32-25-8-11-30-26-16-27(36-28(25)26)20-4-2-19(3-5-20)17-33-12-9-21(10-13-33)29(34)35/h2-8,11,14-16,21,31H,9-10,12-13,17H2,1H3,(H,30,32)(H,34,35). The Bertz CT molecular complexity index is 1550. The van der Waals surface area contributed by atoms with Crippen LogP contribution < -0.4 is 5.32 Å². The van der Waals surface area contributed by atoms with E-state index in [4.69, 9.17) is 0 Å². The Balaban J connectivity index is 1.19. The summed E-state index contributed by atoms with van der Waals surface area (Å²) in [6.07, 6.45) is 3.32. The minimum Gasteiger partial charge on any atom is -0.481 e. The first-order valence-electron chi connectivity index (χ1n) is 12.3. The number of carboxylic acid groups (broad SMARTS) is 1. The second-order valence-corrected chi connectivity index (χ2v) is 10.7. The van der Waals surface area contributed by atoms with Crippen LogP contribution in [0.2, 0.25) is 0 Å². The molecule has 0 saturated carbocycles. The topological polar surface area (TPSA) is 81.2 Å². The van der Waals surface area contributed by atoms with Crippen molar-refractivity contribution < 1.29 is 9.90 Å². The van der Waals surface area contributed by atoms with Crippen molar-refractivity contribution in [1.82, 2.24) is 14.9 Å². The largest absolute Gasteiger partial charge is 0.481 e. The number of anilines is 2. The molecule has 4 heterocycles. The maximum Gasteiger partial charge on any atom is 0.306 e. The van der Waals surface area contributed by atoms with Crippen LogP contribution in [0.3, 0.4) is 0 Å². The SMILES string of the molecule is Cc1cc2cc(Nc3ccnc4cc(-c5ccc(CN6CCC(C(=O)O)CC6)cc5)sc34)ccc2[nH]1. The number of aromatic nitrogens is 2. The smallest absolute Gasteiger partial charge is 0.306 e. The van der Waals surface area contributed by atoms with Crippen LogP contribution >= 0.6 is 11.3 Å². The predicted molar refractivity (Wildman–Crippen MR) is 147 cm³/mol. The number of H-pyrrole nitrogens is 1. The summed E-state index contributed by atoms with van der Waals surface area (Å²) in [5.41, 5.74) is 7.84. The van der Waals surface area contributed by atoms with E-state index in [2.05, 4.69) is 81.7 Å². The number of carbonyl (C=O) groups is 1. The van der Waals surface area contributed by atoms with Gasteiger partial charge in [0.25, 0.3) is 0 Å². The maximum absolute atomic E-state index is 11.2. The summed E-state index contributed by atoms with van der Waals surface area (Å²) in [5, 5.41) is 14.0. The number of aromatic amines is 1. The third-order valence-corrected chi connectivity index (χ3v) is 8.23. The van der Waals surface area contributed by atoms with Crippen molar-refractivity contribution in [3.05, 3.63) is 78.1 Å². The number of nitrogens with one attached hydrogen (secondary N) is 2. The molecule has 6 nitrogen and oxygen atoms in total. The average Bonchev–Trinajstić information content (AvgIpc) is 3.48. The van der Waals surface area contributed by atoms with Gasteiger partial charge >= 0.3 is 5.97 Å². The van der Waals surface area contributed by atoms with Crippen molar-refractivity contribution in [3.8, 4) is 10.4 Å². The van der Waals surface area contributed by atoms with E-state index in [1.807, 2.05) is 12.3 Å². The molecule has 3 aromatic heterocycles. The van der Waals surface area contributed by atoms with Crippen LogP contribution in [0.25, 0.3) is 31.6 Å². The Hall–Kier alpha value is -3.68. The number of fused-ring (bicyclic) bond motifs is 2. The fourth-order valence-corrected chi connectivity index (χ4v) is 6.15. The van der Waals surface area contributed by atoms with E-state index in [0.717, 1.165) is 65.3 Å². The molecule has 0 amide bonds. The highest BCUT2D eigenvalue weighted by molar-refractivity contribution is 7.22. The summed E-state index contributed by atoms with van der Waals surface area (Å²) < 4.78 is 1.14. The molecule has 1 fully saturated rings. The summed E-state index contributed by atoms with van der Waals surface area (Å²) in [7, 11) is 0. The molecule has 1 aliphatic heterocycles. The molecule has 0 radical (unpaired) electrons. The van der Waals surface area contributed by atoms with Gasteiger partial charge in [-0.05, 0) is 80.4 Å². The Morgan fingerprint density at radius 1 is 1.11 bits per heavy atom. The lowest BCUT2D eigenvalue weighted by molar-refractivity contribution is -0.143. The van der Waals surface area contributed by atoms with Gasteiger partial charge in [0.1, 0.15) is 0 Å². The lowest BCUT2D eigenvalue weighted by Gasteiger charge is -2.30. The molecule has 1 saturated heterocycles. The summed E-state index contributed by atoms with van der Waals surface area (Å²) in [5.74, 6) is -0.850. The number of hydrogen-bond acceptors (Lipinski definition) is 5. The second-order valence-electron chi connectivity index (χ2n) is 9.65. The van der Waals surface area contributed by atoms with Gasteiger partial charge in [0.05, 0.1) is 21.8 Å². The molecule has 0 spiro atoms. The van der Waals surface area contributed by atoms with Gasteiger partial charge in [-0.1, -0.05) is 24.3 Å². The average molecular weight is 497 g/mol. The Labute approximate surface area is 213 Å². The third kappa shape index (κ3) is 4.59. The molecule has 0 atom stereocenters. The zero-order chi connectivity index (χ0) is 24.6. The quantitative estimate of drug-likeness (QED) is 0.241. The molecule has 2 aromatic carbocycles. The molecular weight excluding hydrogens is 468 g/mol.